The summed E-state index contributed by atoms with van der Waals surface area (Å²) >= 11 is 0. The summed E-state index contributed by atoms with van der Waals surface area (Å²) in [5.74, 6) is -1.33. The highest BCUT2D eigenvalue weighted by atomic mass is 16.4. The van der Waals surface area contributed by atoms with E-state index in [1.165, 1.54) is 4.90 Å². The number of likely N-dealkylation sites (tertiary alicyclic amines) is 2. The highest BCUT2D eigenvalue weighted by Crippen LogP contribution is 2.21. The second-order valence-corrected chi connectivity index (χ2v) is 7.12. The Hall–Kier alpha value is -2.57. The van der Waals surface area contributed by atoms with Crippen molar-refractivity contribution < 1.29 is 19.5 Å². The van der Waals surface area contributed by atoms with Crippen LogP contribution in [0.1, 0.15) is 43.0 Å². The van der Waals surface area contributed by atoms with Crippen molar-refractivity contribution in [2.45, 2.75) is 38.6 Å². The van der Waals surface area contributed by atoms with Crippen molar-refractivity contribution in [3.8, 4) is 0 Å². The summed E-state index contributed by atoms with van der Waals surface area (Å²) in [7, 11) is 0. The smallest absolute Gasteiger partial charge is 0.321 e. The number of carboxylic acids is 1. The summed E-state index contributed by atoms with van der Waals surface area (Å²) in [6, 6.07) is 6.83. The lowest BCUT2D eigenvalue weighted by molar-refractivity contribution is -0.141. The molecule has 2 N–H and O–H groups in total. The third-order valence-electron chi connectivity index (χ3n) is 5.27. The molecule has 2 fully saturated rings. The Bertz CT molecular complexity index is 689. The van der Waals surface area contributed by atoms with Crippen LogP contribution in [0.4, 0.5) is 10.5 Å². The molecular formula is C19H25N3O4. The zero-order valence-electron chi connectivity index (χ0n) is 15.0. The van der Waals surface area contributed by atoms with E-state index in [4.69, 9.17) is 5.11 Å². The number of urea groups is 1. The number of benzene rings is 1. The fourth-order valence-corrected chi connectivity index (χ4v) is 3.61. The molecule has 1 aromatic rings. The maximum atomic E-state index is 12.6. The molecule has 2 aliphatic heterocycles. The van der Waals surface area contributed by atoms with Gasteiger partial charge in [-0.25, -0.2) is 4.79 Å². The highest BCUT2D eigenvalue weighted by Gasteiger charge is 2.31. The van der Waals surface area contributed by atoms with Gasteiger partial charge in [-0.3, -0.25) is 9.59 Å². The Morgan fingerprint density at radius 1 is 1.08 bits per heavy atom. The molecule has 2 saturated heterocycles. The van der Waals surface area contributed by atoms with Gasteiger partial charge in [-0.05, 0) is 56.9 Å². The van der Waals surface area contributed by atoms with Gasteiger partial charge in [-0.1, -0.05) is 0 Å². The van der Waals surface area contributed by atoms with Gasteiger partial charge in [0.15, 0.2) is 0 Å². The number of anilines is 1. The summed E-state index contributed by atoms with van der Waals surface area (Å²) in [6.07, 6.45) is 3.71. The van der Waals surface area contributed by atoms with E-state index in [9.17, 15) is 14.4 Å². The molecule has 7 nitrogen and oxygen atoms in total. The highest BCUT2D eigenvalue weighted by molar-refractivity contribution is 5.96. The number of carboxylic acid groups (broad SMARTS) is 1. The lowest BCUT2D eigenvalue weighted by Crippen LogP contribution is -2.42. The molecule has 2 aliphatic rings. The van der Waals surface area contributed by atoms with Crippen molar-refractivity contribution in [3.05, 3.63) is 29.8 Å². The number of hydrogen-bond donors (Lipinski definition) is 2. The Morgan fingerprint density at radius 3 is 2.42 bits per heavy atom. The number of amides is 3. The molecule has 3 amide bonds. The van der Waals surface area contributed by atoms with E-state index in [2.05, 4.69) is 12.2 Å². The average molecular weight is 359 g/mol. The number of nitrogens with one attached hydrogen (secondary N) is 1. The van der Waals surface area contributed by atoms with Crippen LogP contribution in [0, 0.1) is 5.92 Å². The molecule has 0 bridgehead atoms. The van der Waals surface area contributed by atoms with Crippen LogP contribution < -0.4 is 5.32 Å². The maximum Gasteiger partial charge on any atom is 0.321 e. The van der Waals surface area contributed by atoms with Crippen molar-refractivity contribution in [2.75, 3.05) is 25.0 Å². The number of rotatable bonds is 3. The fraction of sp³-hybridized carbons (Fsp3) is 0.526. The van der Waals surface area contributed by atoms with E-state index in [0.717, 1.165) is 25.8 Å². The van der Waals surface area contributed by atoms with E-state index in [0.29, 0.717) is 24.2 Å². The van der Waals surface area contributed by atoms with Crippen LogP contribution in [-0.2, 0) is 4.79 Å². The predicted octanol–water partition coefficient (Wildman–Crippen LogP) is 2.64. The Labute approximate surface area is 153 Å². The standard InChI is InChI=1S/C19H25N3O4/c1-13-4-2-3-10-22(13)17(23)14-5-7-16(8-6-14)20-19(26)21-11-9-15(12-21)18(24)25/h5-8,13,15H,2-4,9-12H2,1H3,(H,20,26)(H,24,25). The second kappa shape index (κ2) is 7.76. The molecule has 26 heavy (non-hydrogen) atoms. The molecule has 2 heterocycles. The Morgan fingerprint density at radius 2 is 1.81 bits per heavy atom. The number of aliphatic carboxylic acids is 1. The quantitative estimate of drug-likeness (QED) is 0.868. The summed E-state index contributed by atoms with van der Waals surface area (Å²) < 4.78 is 0. The van der Waals surface area contributed by atoms with E-state index in [-0.39, 0.29) is 24.5 Å². The number of hydrogen-bond acceptors (Lipinski definition) is 3. The lowest BCUT2D eigenvalue weighted by Gasteiger charge is -2.33. The molecule has 140 valence electrons. The van der Waals surface area contributed by atoms with Gasteiger partial charge in [0, 0.05) is 36.9 Å². The topological polar surface area (TPSA) is 90.0 Å². The van der Waals surface area contributed by atoms with Gasteiger partial charge < -0.3 is 20.2 Å². The summed E-state index contributed by atoms with van der Waals surface area (Å²) in [5.41, 5.74) is 1.21. The maximum absolute atomic E-state index is 12.6. The van der Waals surface area contributed by atoms with Gasteiger partial charge in [0.1, 0.15) is 0 Å². The molecule has 1 aromatic carbocycles. The van der Waals surface area contributed by atoms with Gasteiger partial charge in [0.2, 0.25) is 0 Å². The minimum absolute atomic E-state index is 0.0268. The molecule has 2 atom stereocenters. The normalized spacial score (nSPS) is 23.0. The molecule has 0 saturated carbocycles. The van der Waals surface area contributed by atoms with Crippen LogP contribution >= 0.6 is 0 Å². The largest absolute Gasteiger partial charge is 0.481 e. The van der Waals surface area contributed by atoms with Crippen LogP contribution in [0.3, 0.4) is 0 Å². The van der Waals surface area contributed by atoms with Crippen LogP contribution in [-0.4, -0.2) is 58.5 Å². The minimum atomic E-state index is -0.866. The zero-order chi connectivity index (χ0) is 18.7. The molecule has 0 aromatic heterocycles. The van der Waals surface area contributed by atoms with Crippen LogP contribution in [0.25, 0.3) is 0 Å². The second-order valence-electron chi connectivity index (χ2n) is 7.12. The van der Waals surface area contributed by atoms with Crippen molar-refractivity contribution in [1.82, 2.24) is 9.80 Å². The zero-order valence-corrected chi connectivity index (χ0v) is 15.0. The van der Waals surface area contributed by atoms with Crippen molar-refractivity contribution in [1.29, 1.82) is 0 Å². The molecular weight excluding hydrogens is 334 g/mol. The van der Waals surface area contributed by atoms with Crippen molar-refractivity contribution in [2.24, 2.45) is 5.92 Å². The van der Waals surface area contributed by atoms with E-state index < -0.39 is 11.9 Å². The van der Waals surface area contributed by atoms with E-state index >= 15 is 0 Å². The Kier molecular flexibility index (Phi) is 5.44. The van der Waals surface area contributed by atoms with Crippen molar-refractivity contribution >= 4 is 23.6 Å². The first-order valence-electron chi connectivity index (χ1n) is 9.15. The molecule has 3 rings (SSSR count). The molecule has 2 unspecified atom stereocenters. The van der Waals surface area contributed by atoms with Crippen LogP contribution in [0.2, 0.25) is 0 Å². The first-order chi connectivity index (χ1) is 12.5. The monoisotopic (exact) mass is 359 g/mol. The molecule has 7 heteroatoms. The van der Waals surface area contributed by atoms with Gasteiger partial charge in [0.25, 0.3) is 5.91 Å². The Balaban J connectivity index is 1.58. The number of carbonyl (C=O) groups is 3. The van der Waals surface area contributed by atoms with Gasteiger partial charge >= 0.3 is 12.0 Å². The van der Waals surface area contributed by atoms with E-state index in [1.54, 1.807) is 24.3 Å². The van der Waals surface area contributed by atoms with Gasteiger partial charge in [0.05, 0.1) is 5.92 Å². The SMILES string of the molecule is CC1CCCCN1C(=O)c1ccc(NC(=O)N2CCC(C(=O)O)C2)cc1. The lowest BCUT2D eigenvalue weighted by atomic mass is 10.0. The van der Waals surface area contributed by atoms with Gasteiger partial charge in [-0.15, -0.1) is 0 Å². The first-order valence-corrected chi connectivity index (χ1v) is 9.15. The molecule has 0 aliphatic carbocycles. The third kappa shape index (κ3) is 3.98. The number of carbonyl (C=O) groups excluding carboxylic acids is 2. The number of piperidine rings is 1. The summed E-state index contributed by atoms with van der Waals surface area (Å²) in [4.78, 5) is 39.3. The van der Waals surface area contributed by atoms with Crippen molar-refractivity contribution in [3.63, 3.8) is 0 Å². The predicted molar refractivity (Wildman–Crippen MR) is 97.1 cm³/mol. The molecule has 0 spiro atoms. The molecule has 0 radical (unpaired) electrons. The summed E-state index contributed by atoms with van der Waals surface area (Å²) in [6.45, 7) is 3.53. The number of nitrogens with zero attached hydrogens (tertiary/aromatic N) is 2. The van der Waals surface area contributed by atoms with Crippen LogP contribution in [0.5, 0.6) is 0 Å². The first kappa shape index (κ1) is 18.2. The average Bonchev–Trinajstić information content (AvgIpc) is 3.13. The van der Waals surface area contributed by atoms with E-state index in [1.807, 2.05) is 4.90 Å². The minimum Gasteiger partial charge on any atom is -0.481 e. The van der Waals surface area contributed by atoms with Gasteiger partial charge in [-0.2, -0.15) is 0 Å². The third-order valence-corrected chi connectivity index (χ3v) is 5.27. The fourth-order valence-electron chi connectivity index (χ4n) is 3.61. The summed E-state index contributed by atoms with van der Waals surface area (Å²) in [5, 5.41) is 11.8. The van der Waals surface area contributed by atoms with Crippen LogP contribution in [0.15, 0.2) is 24.3 Å².